The first-order valence-electron chi connectivity index (χ1n) is 8.42. The number of aromatic nitrogens is 4. The van der Waals surface area contributed by atoms with Crippen molar-refractivity contribution in [3.05, 3.63) is 22.7 Å². The number of thiazole rings is 1. The third kappa shape index (κ3) is 3.61. The van der Waals surface area contributed by atoms with Gasteiger partial charge in [0, 0.05) is 31.8 Å². The van der Waals surface area contributed by atoms with Crippen LogP contribution in [0.5, 0.6) is 0 Å². The molecule has 0 bridgehead atoms. The minimum absolute atomic E-state index is 0.0457. The monoisotopic (exact) mass is 356 g/mol. The molecule has 7 nitrogen and oxygen atoms in total. The lowest BCUT2D eigenvalue weighted by atomic mass is 10.2. The minimum atomic E-state index is -0.0457. The average molecular weight is 356 g/mol. The third-order valence-electron chi connectivity index (χ3n) is 4.20. The predicted octanol–water partition coefficient (Wildman–Crippen LogP) is 2.90. The topological polar surface area (TPSA) is 87.7 Å². The molecule has 0 fully saturated rings. The van der Waals surface area contributed by atoms with Gasteiger partial charge in [-0.2, -0.15) is 5.26 Å². The van der Waals surface area contributed by atoms with E-state index in [1.807, 2.05) is 16.9 Å². The van der Waals surface area contributed by atoms with Crippen LogP contribution in [0.1, 0.15) is 50.5 Å². The Bertz CT molecular complexity index is 844. The van der Waals surface area contributed by atoms with Gasteiger partial charge in [0.15, 0.2) is 11.0 Å². The van der Waals surface area contributed by atoms with Crippen LogP contribution >= 0.6 is 11.3 Å². The van der Waals surface area contributed by atoms with E-state index in [1.165, 1.54) is 24.7 Å². The van der Waals surface area contributed by atoms with Crippen LogP contribution in [0.3, 0.4) is 0 Å². The molecule has 2 aromatic heterocycles. The van der Waals surface area contributed by atoms with E-state index in [0.29, 0.717) is 28.8 Å². The molecule has 25 heavy (non-hydrogen) atoms. The molecule has 0 unspecified atom stereocenters. The summed E-state index contributed by atoms with van der Waals surface area (Å²) in [4.78, 5) is 17.7. The van der Waals surface area contributed by atoms with Crippen LogP contribution in [0.4, 0.5) is 5.13 Å². The summed E-state index contributed by atoms with van der Waals surface area (Å²) in [6.07, 6.45) is 5.97. The van der Waals surface area contributed by atoms with Crippen LogP contribution in [0.15, 0.2) is 5.38 Å². The summed E-state index contributed by atoms with van der Waals surface area (Å²) in [7, 11) is 0. The minimum Gasteiger partial charge on any atom is -0.310 e. The van der Waals surface area contributed by atoms with Gasteiger partial charge in [-0.15, -0.1) is 21.5 Å². The van der Waals surface area contributed by atoms with Crippen LogP contribution in [-0.2, 0) is 17.8 Å². The molecular formula is C17H20N6OS. The molecule has 0 saturated carbocycles. The highest BCUT2D eigenvalue weighted by Gasteiger charge is 2.18. The number of allylic oxidation sites excluding steroid dienone is 1. The van der Waals surface area contributed by atoms with Crippen LogP contribution in [0.25, 0.3) is 11.6 Å². The summed E-state index contributed by atoms with van der Waals surface area (Å²) in [5.74, 6) is 1.50. The Morgan fingerprint density at radius 1 is 1.44 bits per heavy atom. The van der Waals surface area contributed by atoms with Gasteiger partial charge < -0.3 is 4.57 Å². The second kappa shape index (κ2) is 7.57. The summed E-state index contributed by atoms with van der Waals surface area (Å²) in [6, 6.07) is 2.22. The number of amides is 1. The Morgan fingerprint density at radius 3 is 3.00 bits per heavy atom. The number of nitrogens with zero attached hydrogens (tertiary/aromatic N) is 6. The van der Waals surface area contributed by atoms with Crippen molar-refractivity contribution in [2.45, 2.75) is 46.1 Å². The standard InChI is InChI=1S/C17H20N6OS/c1-3-22(12(2)24)17-19-14(11-25-17)9-13(10-18)16-21-20-15-7-5-4-6-8-23(15)16/h9,11H,3-8H2,1-2H3/b13-9+. The lowest BCUT2D eigenvalue weighted by Crippen LogP contribution is -2.27. The smallest absolute Gasteiger partial charge is 0.225 e. The van der Waals surface area contributed by atoms with Crippen molar-refractivity contribution in [3.63, 3.8) is 0 Å². The van der Waals surface area contributed by atoms with Crippen molar-refractivity contribution < 1.29 is 4.79 Å². The number of hydrogen-bond donors (Lipinski definition) is 0. The number of anilines is 1. The SMILES string of the molecule is CCN(C(C)=O)c1nc(/C=C(\C#N)c2nnc3n2CCCCC3)cs1. The molecule has 0 N–H and O–H groups in total. The molecule has 0 radical (unpaired) electrons. The van der Waals surface area contributed by atoms with Crippen molar-refractivity contribution >= 4 is 34.0 Å². The van der Waals surface area contributed by atoms with Gasteiger partial charge >= 0.3 is 0 Å². The maximum atomic E-state index is 11.6. The third-order valence-corrected chi connectivity index (χ3v) is 5.08. The van der Waals surface area contributed by atoms with Gasteiger partial charge in [0.05, 0.1) is 11.3 Å². The second-order valence-corrected chi connectivity index (χ2v) is 6.73. The maximum Gasteiger partial charge on any atom is 0.225 e. The number of hydrogen-bond acceptors (Lipinski definition) is 6. The highest BCUT2D eigenvalue weighted by Crippen LogP contribution is 2.25. The molecule has 1 aliphatic heterocycles. The first kappa shape index (κ1) is 17.3. The van der Waals surface area contributed by atoms with Gasteiger partial charge in [0.2, 0.25) is 5.91 Å². The number of carbonyl (C=O) groups excluding carboxylic acids is 1. The Morgan fingerprint density at radius 2 is 2.28 bits per heavy atom. The average Bonchev–Trinajstić information content (AvgIpc) is 3.14. The molecule has 1 aliphatic rings. The first-order valence-corrected chi connectivity index (χ1v) is 9.30. The van der Waals surface area contributed by atoms with Gasteiger partial charge in [-0.1, -0.05) is 6.42 Å². The number of fused-ring (bicyclic) bond motifs is 1. The molecule has 8 heteroatoms. The number of rotatable bonds is 4. The Labute approximate surface area is 150 Å². The van der Waals surface area contributed by atoms with E-state index in [-0.39, 0.29) is 5.91 Å². The predicted molar refractivity (Wildman–Crippen MR) is 96.9 cm³/mol. The van der Waals surface area contributed by atoms with E-state index in [1.54, 1.807) is 11.0 Å². The van der Waals surface area contributed by atoms with Crippen molar-refractivity contribution in [2.24, 2.45) is 0 Å². The summed E-state index contributed by atoms with van der Waals surface area (Å²) in [6.45, 7) is 4.83. The largest absolute Gasteiger partial charge is 0.310 e. The highest BCUT2D eigenvalue weighted by molar-refractivity contribution is 7.14. The molecule has 0 aromatic carbocycles. The second-order valence-electron chi connectivity index (χ2n) is 5.89. The van der Waals surface area contributed by atoms with E-state index in [2.05, 4.69) is 21.3 Å². The van der Waals surface area contributed by atoms with Crippen LogP contribution < -0.4 is 4.90 Å². The van der Waals surface area contributed by atoms with Gasteiger partial charge in [0.25, 0.3) is 0 Å². The van der Waals surface area contributed by atoms with E-state index in [0.717, 1.165) is 31.6 Å². The zero-order valence-corrected chi connectivity index (χ0v) is 15.2. The fraction of sp³-hybridized carbons (Fsp3) is 0.471. The quantitative estimate of drug-likeness (QED) is 0.786. The lowest BCUT2D eigenvalue weighted by molar-refractivity contribution is -0.116. The zero-order chi connectivity index (χ0) is 17.8. The van der Waals surface area contributed by atoms with Gasteiger partial charge in [-0.3, -0.25) is 9.69 Å². The molecule has 0 spiro atoms. The van der Waals surface area contributed by atoms with E-state index in [9.17, 15) is 10.1 Å². The Balaban J connectivity index is 1.92. The molecular weight excluding hydrogens is 336 g/mol. The fourth-order valence-electron chi connectivity index (χ4n) is 2.94. The van der Waals surface area contributed by atoms with Crippen molar-refractivity contribution in [2.75, 3.05) is 11.4 Å². The fourth-order valence-corrected chi connectivity index (χ4v) is 3.83. The lowest BCUT2D eigenvalue weighted by Gasteiger charge is -2.14. The van der Waals surface area contributed by atoms with Gasteiger partial charge in [-0.25, -0.2) is 4.98 Å². The molecule has 0 atom stereocenters. The maximum absolute atomic E-state index is 11.6. The van der Waals surface area contributed by atoms with Crippen molar-refractivity contribution in [1.29, 1.82) is 5.26 Å². The molecule has 2 aromatic rings. The summed E-state index contributed by atoms with van der Waals surface area (Å²) < 4.78 is 2.04. The van der Waals surface area contributed by atoms with Crippen LogP contribution in [-0.4, -0.2) is 32.2 Å². The summed E-state index contributed by atoms with van der Waals surface area (Å²) >= 11 is 1.39. The summed E-state index contributed by atoms with van der Waals surface area (Å²) in [5, 5.41) is 20.5. The molecule has 3 heterocycles. The van der Waals surface area contributed by atoms with Gasteiger partial charge in [0.1, 0.15) is 11.9 Å². The highest BCUT2D eigenvalue weighted by atomic mass is 32.1. The van der Waals surface area contributed by atoms with Crippen LogP contribution in [0.2, 0.25) is 0 Å². The van der Waals surface area contributed by atoms with Gasteiger partial charge in [-0.05, 0) is 25.8 Å². The van der Waals surface area contributed by atoms with E-state index in [4.69, 9.17) is 0 Å². The molecule has 1 amide bonds. The summed E-state index contributed by atoms with van der Waals surface area (Å²) in [5.41, 5.74) is 1.10. The molecule has 3 rings (SSSR count). The van der Waals surface area contributed by atoms with Crippen molar-refractivity contribution in [1.82, 2.24) is 19.7 Å². The number of aryl methyl sites for hydroxylation is 1. The zero-order valence-electron chi connectivity index (χ0n) is 14.4. The normalized spacial score (nSPS) is 14.5. The molecule has 0 aliphatic carbocycles. The Kier molecular flexibility index (Phi) is 5.24. The number of nitriles is 1. The van der Waals surface area contributed by atoms with Crippen LogP contribution in [0, 0.1) is 11.3 Å². The van der Waals surface area contributed by atoms with Crippen molar-refractivity contribution in [3.8, 4) is 6.07 Å². The van der Waals surface area contributed by atoms with E-state index < -0.39 is 0 Å². The molecule has 130 valence electrons. The van der Waals surface area contributed by atoms with E-state index >= 15 is 0 Å². The first-order chi connectivity index (χ1) is 12.1. The Hall–Kier alpha value is -2.53. The molecule has 0 saturated heterocycles. The number of carbonyl (C=O) groups is 1.